The SMILES string of the molecule is CS(=O)(=O)C1CCCC(NCc2cccc(F)c2)C1. The molecule has 19 heavy (non-hydrogen) atoms. The maximum Gasteiger partial charge on any atom is 0.150 e. The number of halogens is 1. The van der Waals surface area contributed by atoms with Crippen molar-refractivity contribution in [3.05, 3.63) is 35.6 Å². The molecule has 0 bridgehead atoms. The van der Waals surface area contributed by atoms with E-state index < -0.39 is 9.84 Å². The van der Waals surface area contributed by atoms with Crippen LogP contribution in [0.25, 0.3) is 0 Å². The summed E-state index contributed by atoms with van der Waals surface area (Å²) in [6, 6.07) is 6.68. The van der Waals surface area contributed by atoms with Crippen LogP contribution in [0.3, 0.4) is 0 Å². The summed E-state index contributed by atoms with van der Waals surface area (Å²) < 4.78 is 36.2. The lowest BCUT2D eigenvalue weighted by Gasteiger charge is -2.28. The molecule has 1 aliphatic rings. The van der Waals surface area contributed by atoms with Crippen LogP contribution in [-0.2, 0) is 16.4 Å². The average molecular weight is 285 g/mol. The average Bonchev–Trinajstić information content (AvgIpc) is 2.36. The van der Waals surface area contributed by atoms with E-state index in [1.165, 1.54) is 18.4 Å². The molecule has 1 aliphatic carbocycles. The molecular formula is C14H20FNO2S. The van der Waals surface area contributed by atoms with E-state index in [1.807, 2.05) is 6.07 Å². The number of nitrogens with one attached hydrogen (secondary N) is 1. The standard InChI is InChI=1S/C14H20FNO2S/c1-19(17,18)14-7-3-6-13(9-14)16-10-11-4-2-5-12(15)8-11/h2,4-5,8,13-14,16H,3,6-7,9-10H2,1H3. The number of rotatable bonds is 4. The molecule has 1 aromatic carbocycles. The molecule has 0 spiro atoms. The van der Waals surface area contributed by atoms with Crippen LogP contribution in [0.2, 0.25) is 0 Å². The van der Waals surface area contributed by atoms with Gasteiger partial charge in [0.2, 0.25) is 0 Å². The first-order chi connectivity index (χ1) is 8.95. The largest absolute Gasteiger partial charge is 0.310 e. The summed E-state index contributed by atoms with van der Waals surface area (Å²) in [7, 11) is -2.95. The predicted octanol–water partition coefficient (Wildman–Crippen LogP) is 2.27. The van der Waals surface area contributed by atoms with Crippen LogP contribution in [0, 0.1) is 5.82 Å². The minimum Gasteiger partial charge on any atom is -0.310 e. The van der Waals surface area contributed by atoms with Crippen molar-refractivity contribution in [2.75, 3.05) is 6.26 Å². The van der Waals surface area contributed by atoms with Gasteiger partial charge in [-0.15, -0.1) is 0 Å². The molecule has 2 unspecified atom stereocenters. The summed E-state index contributed by atoms with van der Waals surface area (Å²) in [5.41, 5.74) is 0.890. The zero-order valence-corrected chi connectivity index (χ0v) is 11.9. The van der Waals surface area contributed by atoms with Gasteiger partial charge in [-0.25, -0.2) is 12.8 Å². The third kappa shape index (κ3) is 4.28. The number of sulfone groups is 1. The first kappa shape index (κ1) is 14.5. The summed E-state index contributed by atoms with van der Waals surface area (Å²) in [5.74, 6) is -0.239. The van der Waals surface area contributed by atoms with Gasteiger partial charge in [0.15, 0.2) is 0 Å². The molecule has 0 saturated heterocycles. The predicted molar refractivity (Wildman–Crippen MR) is 74.1 cm³/mol. The quantitative estimate of drug-likeness (QED) is 0.923. The van der Waals surface area contributed by atoms with E-state index in [2.05, 4.69) is 5.32 Å². The minimum atomic E-state index is -2.95. The zero-order chi connectivity index (χ0) is 13.9. The molecule has 1 fully saturated rings. The zero-order valence-electron chi connectivity index (χ0n) is 11.1. The minimum absolute atomic E-state index is 0.205. The molecular weight excluding hydrogens is 265 g/mol. The van der Waals surface area contributed by atoms with Gasteiger partial charge in [0, 0.05) is 18.8 Å². The Morgan fingerprint density at radius 2 is 2.16 bits per heavy atom. The van der Waals surface area contributed by atoms with Gasteiger partial charge in [0.1, 0.15) is 15.7 Å². The second-order valence-electron chi connectivity index (χ2n) is 5.33. The van der Waals surface area contributed by atoms with Gasteiger partial charge in [0.05, 0.1) is 5.25 Å². The molecule has 1 aromatic rings. The van der Waals surface area contributed by atoms with Crippen molar-refractivity contribution in [2.24, 2.45) is 0 Å². The monoisotopic (exact) mass is 285 g/mol. The van der Waals surface area contributed by atoms with E-state index in [4.69, 9.17) is 0 Å². The van der Waals surface area contributed by atoms with Crippen molar-refractivity contribution < 1.29 is 12.8 Å². The molecule has 0 heterocycles. The fourth-order valence-electron chi connectivity index (χ4n) is 2.63. The second-order valence-corrected chi connectivity index (χ2v) is 7.65. The Kier molecular flexibility index (Phi) is 4.58. The maximum absolute atomic E-state index is 13.0. The summed E-state index contributed by atoms with van der Waals surface area (Å²) in [4.78, 5) is 0. The molecule has 0 radical (unpaired) electrons. The Hall–Kier alpha value is -0.940. The summed E-state index contributed by atoms with van der Waals surface area (Å²) >= 11 is 0. The molecule has 0 aliphatic heterocycles. The van der Waals surface area contributed by atoms with Crippen molar-refractivity contribution >= 4 is 9.84 Å². The third-order valence-corrected chi connectivity index (χ3v) is 5.35. The van der Waals surface area contributed by atoms with E-state index in [9.17, 15) is 12.8 Å². The highest BCUT2D eigenvalue weighted by atomic mass is 32.2. The fourth-order valence-corrected chi connectivity index (χ4v) is 3.81. The van der Waals surface area contributed by atoms with E-state index >= 15 is 0 Å². The van der Waals surface area contributed by atoms with Crippen LogP contribution < -0.4 is 5.32 Å². The van der Waals surface area contributed by atoms with Crippen LogP contribution >= 0.6 is 0 Å². The van der Waals surface area contributed by atoms with Gasteiger partial charge < -0.3 is 5.32 Å². The van der Waals surface area contributed by atoms with Crippen molar-refractivity contribution in [3.63, 3.8) is 0 Å². The van der Waals surface area contributed by atoms with E-state index in [0.717, 1.165) is 24.8 Å². The van der Waals surface area contributed by atoms with Gasteiger partial charge in [-0.05, 0) is 37.0 Å². The van der Waals surface area contributed by atoms with E-state index in [0.29, 0.717) is 13.0 Å². The van der Waals surface area contributed by atoms with Crippen LogP contribution in [-0.4, -0.2) is 26.0 Å². The lowest BCUT2D eigenvalue weighted by atomic mass is 9.95. The number of hydrogen-bond donors (Lipinski definition) is 1. The van der Waals surface area contributed by atoms with Gasteiger partial charge in [-0.1, -0.05) is 18.6 Å². The van der Waals surface area contributed by atoms with Crippen LogP contribution in [0.15, 0.2) is 24.3 Å². The van der Waals surface area contributed by atoms with Crippen LogP contribution in [0.4, 0.5) is 4.39 Å². The Balaban J connectivity index is 1.89. The van der Waals surface area contributed by atoms with Crippen LogP contribution in [0.5, 0.6) is 0 Å². The first-order valence-electron chi connectivity index (χ1n) is 6.62. The fraction of sp³-hybridized carbons (Fsp3) is 0.571. The molecule has 0 aromatic heterocycles. The van der Waals surface area contributed by atoms with E-state index in [-0.39, 0.29) is 17.1 Å². The molecule has 5 heteroatoms. The van der Waals surface area contributed by atoms with Crippen LogP contribution in [0.1, 0.15) is 31.2 Å². The van der Waals surface area contributed by atoms with E-state index in [1.54, 1.807) is 6.07 Å². The number of benzene rings is 1. The Morgan fingerprint density at radius 3 is 2.84 bits per heavy atom. The molecule has 3 nitrogen and oxygen atoms in total. The molecule has 106 valence electrons. The summed E-state index contributed by atoms with van der Waals surface area (Å²) in [6.45, 7) is 0.582. The topological polar surface area (TPSA) is 46.2 Å². The number of hydrogen-bond acceptors (Lipinski definition) is 3. The molecule has 2 rings (SSSR count). The van der Waals surface area contributed by atoms with Gasteiger partial charge >= 0.3 is 0 Å². The van der Waals surface area contributed by atoms with Crippen molar-refractivity contribution in [3.8, 4) is 0 Å². The molecule has 2 atom stereocenters. The van der Waals surface area contributed by atoms with Gasteiger partial charge in [-0.3, -0.25) is 0 Å². The molecule has 1 saturated carbocycles. The lowest BCUT2D eigenvalue weighted by molar-refractivity contribution is 0.370. The molecule has 1 N–H and O–H groups in total. The smallest absolute Gasteiger partial charge is 0.150 e. The first-order valence-corrected chi connectivity index (χ1v) is 8.57. The van der Waals surface area contributed by atoms with Crippen molar-refractivity contribution in [1.82, 2.24) is 5.32 Å². The molecule has 0 amide bonds. The van der Waals surface area contributed by atoms with Crippen molar-refractivity contribution in [1.29, 1.82) is 0 Å². The lowest BCUT2D eigenvalue weighted by Crippen LogP contribution is -2.38. The Labute approximate surface area is 114 Å². The normalized spacial score (nSPS) is 24.3. The van der Waals surface area contributed by atoms with Gasteiger partial charge in [-0.2, -0.15) is 0 Å². The van der Waals surface area contributed by atoms with Crippen molar-refractivity contribution in [2.45, 2.75) is 43.5 Å². The summed E-state index contributed by atoms with van der Waals surface area (Å²) in [5, 5.41) is 3.11. The summed E-state index contributed by atoms with van der Waals surface area (Å²) in [6.07, 6.45) is 4.65. The maximum atomic E-state index is 13.0. The highest BCUT2D eigenvalue weighted by Crippen LogP contribution is 2.24. The highest BCUT2D eigenvalue weighted by molar-refractivity contribution is 7.91. The Bertz CT molecular complexity index is 530. The highest BCUT2D eigenvalue weighted by Gasteiger charge is 2.28. The second kappa shape index (κ2) is 6.01. The van der Waals surface area contributed by atoms with Gasteiger partial charge in [0.25, 0.3) is 0 Å². The Morgan fingerprint density at radius 1 is 1.37 bits per heavy atom. The third-order valence-electron chi connectivity index (χ3n) is 3.72.